The molecule has 0 aromatic heterocycles. The first kappa shape index (κ1) is 12.9. The van der Waals surface area contributed by atoms with E-state index in [1.54, 1.807) is 7.11 Å². The van der Waals surface area contributed by atoms with Crippen molar-refractivity contribution in [1.29, 1.82) is 0 Å². The Labute approximate surface area is 81.5 Å². The van der Waals surface area contributed by atoms with Crippen molar-refractivity contribution in [1.82, 2.24) is 5.32 Å². The minimum Gasteiger partial charge on any atom is -0.396 e. The third-order valence-corrected chi connectivity index (χ3v) is 1.99. The molecule has 0 aromatic carbocycles. The molecule has 0 heterocycles. The third-order valence-electron chi connectivity index (χ3n) is 1.99. The summed E-state index contributed by atoms with van der Waals surface area (Å²) in [6.07, 6.45) is 4.46. The van der Waals surface area contributed by atoms with Crippen molar-refractivity contribution in [2.75, 3.05) is 26.9 Å². The summed E-state index contributed by atoms with van der Waals surface area (Å²) in [6.45, 7) is 4.28. The third kappa shape index (κ3) is 9.80. The molecule has 0 aliphatic rings. The number of hydrogen-bond donors (Lipinski definition) is 2. The molecule has 0 aliphatic heterocycles. The average Bonchev–Trinajstić information content (AvgIpc) is 2.11. The Bertz CT molecular complexity index is 98.9. The fourth-order valence-electron chi connectivity index (χ4n) is 1.25. The largest absolute Gasteiger partial charge is 0.396 e. The Kier molecular flexibility index (Phi) is 9.87. The topological polar surface area (TPSA) is 41.5 Å². The standard InChI is InChI=1S/C10H23NO2/c1-10(9-13-2)11-7-5-3-4-6-8-12/h10-12H,3-9H2,1-2H3. The fourth-order valence-corrected chi connectivity index (χ4v) is 1.25. The van der Waals surface area contributed by atoms with Crippen molar-refractivity contribution < 1.29 is 9.84 Å². The maximum atomic E-state index is 8.55. The van der Waals surface area contributed by atoms with E-state index in [2.05, 4.69) is 12.2 Å². The second-order valence-corrected chi connectivity index (χ2v) is 3.45. The Morgan fingerprint density at radius 1 is 1.23 bits per heavy atom. The van der Waals surface area contributed by atoms with E-state index in [1.807, 2.05) is 0 Å². The molecular formula is C10H23NO2. The van der Waals surface area contributed by atoms with E-state index < -0.39 is 0 Å². The molecule has 0 saturated carbocycles. The highest BCUT2D eigenvalue weighted by atomic mass is 16.5. The van der Waals surface area contributed by atoms with Gasteiger partial charge in [0.1, 0.15) is 0 Å². The summed E-state index contributed by atoms with van der Waals surface area (Å²) in [4.78, 5) is 0. The van der Waals surface area contributed by atoms with Crippen LogP contribution in [-0.4, -0.2) is 38.0 Å². The normalized spacial score (nSPS) is 13.2. The molecule has 0 saturated heterocycles. The molecule has 0 spiro atoms. The van der Waals surface area contributed by atoms with E-state index in [4.69, 9.17) is 9.84 Å². The van der Waals surface area contributed by atoms with Crippen LogP contribution in [0.4, 0.5) is 0 Å². The molecule has 0 fully saturated rings. The summed E-state index contributed by atoms with van der Waals surface area (Å²) >= 11 is 0. The van der Waals surface area contributed by atoms with E-state index in [-0.39, 0.29) is 0 Å². The van der Waals surface area contributed by atoms with Crippen LogP contribution < -0.4 is 5.32 Å². The number of aliphatic hydroxyl groups is 1. The molecule has 0 aromatic rings. The molecule has 0 radical (unpaired) electrons. The van der Waals surface area contributed by atoms with Crippen molar-refractivity contribution in [3.63, 3.8) is 0 Å². The fraction of sp³-hybridized carbons (Fsp3) is 1.00. The van der Waals surface area contributed by atoms with Gasteiger partial charge in [0.2, 0.25) is 0 Å². The zero-order valence-corrected chi connectivity index (χ0v) is 8.88. The summed E-state index contributed by atoms with van der Waals surface area (Å²) in [5.41, 5.74) is 0. The minimum absolute atomic E-state index is 0.327. The van der Waals surface area contributed by atoms with Gasteiger partial charge in [0.05, 0.1) is 6.61 Å². The minimum atomic E-state index is 0.327. The number of nitrogens with one attached hydrogen (secondary N) is 1. The van der Waals surface area contributed by atoms with E-state index in [1.165, 1.54) is 12.8 Å². The quantitative estimate of drug-likeness (QED) is 0.535. The second kappa shape index (κ2) is 9.96. The van der Waals surface area contributed by atoms with Gasteiger partial charge in [-0.05, 0) is 26.3 Å². The van der Waals surface area contributed by atoms with Crippen LogP contribution in [0.15, 0.2) is 0 Å². The van der Waals surface area contributed by atoms with Gasteiger partial charge in [0.15, 0.2) is 0 Å². The maximum Gasteiger partial charge on any atom is 0.0613 e. The highest BCUT2D eigenvalue weighted by Gasteiger charge is 1.98. The number of methoxy groups -OCH3 is 1. The number of rotatable bonds is 9. The monoisotopic (exact) mass is 189 g/mol. The predicted octanol–water partition coefficient (Wildman–Crippen LogP) is 1.16. The van der Waals surface area contributed by atoms with Crippen LogP contribution in [0, 0.1) is 0 Å². The zero-order valence-electron chi connectivity index (χ0n) is 8.88. The first-order chi connectivity index (χ1) is 6.31. The SMILES string of the molecule is COCC(C)NCCCCCCO. The Balaban J connectivity index is 2.97. The van der Waals surface area contributed by atoms with Gasteiger partial charge in [-0.25, -0.2) is 0 Å². The van der Waals surface area contributed by atoms with Gasteiger partial charge in [0, 0.05) is 19.8 Å². The molecule has 1 unspecified atom stereocenters. The smallest absolute Gasteiger partial charge is 0.0613 e. The van der Waals surface area contributed by atoms with Crippen LogP contribution in [0.1, 0.15) is 32.6 Å². The second-order valence-electron chi connectivity index (χ2n) is 3.45. The van der Waals surface area contributed by atoms with Crippen molar-refractivity contribution in [3.05, 3.63) is 0 Å². The Morgan fingerprint density at radius 2 is 1.92 bits per heavy atom. The van der Waals surface area contributed by atoms with Gasteiger partial charge < -0.3 is 15.2 Å². The number of aliphatic hydroxyl groups excluding tert-OH is 1. The molecular weight excluding hydrogens is 166 g/mol. The van der Waals surface area contributed by atoms with Gasteiger partial charge in [-0.1, -0.05) is 12.8 Å². The van der Waals surface area contributed by atoms with Crippen molar-refractivity contribution >= 4 is 0 Å². The van der Waals surface area contributed by atoms with Gasteiger partial charge in [-0.15, -0.1) is 0 Å². The summed E-state index contributed by atoms with van der Waals surface area (Å²) in [5.74, 6) is 0. The van der Waals surface area contributed by atoms with E-state index >= 15 is 0 Å². The highest BCUT2D eigenvalue weighted by Crippen LogP contribution is 1.97. The van der Waals surface area contributed by atoms with E-state index in [0.717, 1.165) is 26.0 Å². The molecule has 80 valence electrons. The lowest BCUT2D eigenvalue weighted by molar-refractivity contribution is 0.172. The summed E-state index contributed by atoms with van der Waals surface area (Å²) < 4.78 is 5.00. The van der Waals surface area contributed by atoms with Gasteiger partial charge in [-0.2, -0.15) is 0 Å². The molecule has 3 nitrogen and oxygen atoms in total. The van der Waals surface area contributed by atoms with Gasteiger partial charge >= 0.3 is 0 Å². The molecule has 2 N–H and O–H groups in total. The van der Waals surface area contributed by atoms with Crippen LogP contribution in [-0.2, 0) is 4.74 Å². The van der Waals surface area contributed by atoms with Crippen molar-refractivity contribution in [2.45, 2.75) is 38.6 Å². The molecule has 3 heteroatoms. The van der Waals surface area contributed by atoms with Gasteiger partial charge in [-0.3, -0.25) is 0 Å². The molecule has 13 heavy (non-hydrogen) atoms. The number of ether oxygens (including phenoxy) is 1. The molecule has 0 amide bonds. The highest BCUT2D eigenvalue weighted by molar-refractivity contribution is 4.58. The first-order valence-electron chi connectivity index (χ1n) is 5.14. The molecule has 0 aliphatic carbocycles. The Morgan fingerprint density at radius 3 is 2.54 bits per heavy atom. The van der Waals surface area contributed by atoms with Crippen LogP contribution in [0.3, 0.4) is 0 Å². The summed E-state index contributed by atoms with van der Waals surface area (Å²) in [7, 11) is 1.72. The van der Waals surface area contributed by atoms with Crippen LogP contribution in [0.5, 0.6) is 0 Å². The van der Waals surface area contributed by atoms with Crippen molar-refractivity contribution in [3.8, 4) is 0 Å². The maximum absolute atomic E-state index is 8.55. The Hall–Kier alpha value is -0.120. The van der Waals surface area contributed by atoms with Gasteiger partial charge in [0.25, 0.3) is 0 Å². The summed E-state index contributed by atoms with van der Waals surface area (Å²) in [6, 6.07) is 0.447. The molecule has 1 atom stereocenters. The molecule has 0 bridgehead atoms. The lowest BCUT2D eigenvalue weighted by atomic mass is 10.2. The predicted molar refractivity (Wildman–Crippen MR) is 54.9 cm³/mol. The van der Waals surface area contributed by atoms with Crippen LogP contribution in [0.2, 0.25) is 0 Å². The average molecular weight is 189 g/mol. The van der Waals surface area contributed by atoms with Crippen LogP contribution in [0.25, 0.3) is 0 Å². The first-order valence-corrected chi connectivity index (χ1v) is 5.14. The molecule has 0 rings (SSSR count). The zero-order chi connectivity index (χ0) is 9.94. The summed E-state index contributed by atoms with van der Waals surface area (Å²) in [5, 5.41) is 11.9. The van der Waals surface area contributed by atoms with E-state index in [0.29, 0.717) is 12.6 Å². The number of unbranched alkanes of at least 4 members (excludes halogenated alkanes) is 3. The number of hydrogen-bond acceptors (Lipinski definition) is 3. The lowest BCUT2D eigenvalue weighted by Crippen LogP contribution is -2.30. The lowest BCUT2D eigenvalue weighted by Gasteiger charge is -2.11. The van der Waals surface area contributed by atoms with E-state index in [9.17, 15) is 0 Å². The van der Waals surface area contributed by atoms with Crippen molar-refractivity contribution in [2.24, 2.45) is 0 Å². The van der Waals surface area contributed by atoms with Crippen LogP contribution >= 0.6 is 0 Å².